The normalized spacial score (nSPS) is 20.6. The molecule has 1 heterocycles. The Morgan fingerprint density at radius 2 is 2.26 bits per heavy atom. The number of rotatable bonds is 3. The van der Waals surface area contributed by atoms with Gasteiger partial charge in [-0.15, -0.1) is 0 Å². The Hall–Kier alpha value is -1.80. The Kier molecular flexibility index (Phi) is 4.23. The van der Waals surface area contributed by atoms with Gasteiger partial charge in [-0.05, 0) is 18.9 Å². The minimum atomic E-state index is -1.20. The molecule has 1 aromatic rings. The zero-order chi connectivity index (χ0) is 13.8. The largest absolute Gasteiger partial charge is 0.381 e. The van der Waals surface area contributed by atoms with Gasteiger partial charge in [0.1, 0.15) is 17.6 Å². The lowest BCUT2D eigenvalue weighted by molar-refractivity contribution is -0.127. The van der Waals surface area contributed by atoms with E-state index in [9.17, 15) is 13.6 Å². The van der Waals surface area contributed by atoms with E-state index in [-0.39, 0.29) is 23.9 Å². The number of ketones is 1. The van der Waals surface area contributed by atoms with Crippen LogP contribution < -0.4 is 0 Å². The van der Waals surface area contributed by atoms with Crippen molar-refractivity contribution in [2.45, 2.75) is 18.8 Å². The topological polar surface area (TPSA) is 50.1 Å². The van der Waals surface area contributed by atoms with Gasteiger partial charge in [0.2, 0.25) is 0 Å². The quantitative estimate of drug-likeness (QED) is 0.844. The number of carbonyl (C=O) groups excluding carboxylic acids is 1. The standard InChI is InChI=1S/C14H13F2NO2/c15-10-3-4-11(13(16)6-10)12(7-17)14(18)9-2-1-5-19-8-9/h3-4,6,9,12H,1-2,5,8H2. The van der Waals surface area contributed by atoms with Crippen LogP contribution in [0.1, 0.15) is 24.3 Å². The third-order valence-corrected chi connectivity index (χ3v) is 3.25. The van der Waals surface area contributed by atoms with Gasteiger partial charge in [0.25, 0.3) is 0 Å². The van der Waals surface area contributed by atoms with Crippen LogP contribution >= 0.6 is 0 Å². The number of nitriles is 1. The fourth-order valence-corrected chi connectivity index (χ4v) is 2.22. The number of hydrogen-bond donors (Lipinski definition) is 0. The second kappa shape index (κ2) is 5.89. The maximum absolute atomic E-state index is 13.6. The zero-order valence-electron chi connectivity index (χ0n) is 10.2. The summed E-state index contributed by atoms with van der Waals surface area (Å²) in [6, 6.07) is 4.69. The molecule has 0 aliphatic carbocycles. The maximum Gasteiger partial charge on any atom is 0.159 e. The Balaban J connectivity index is 2.24. The van der Waals surface area contributed by atoms with Gasteiger partial charge in [-0.2, -0.15) is 5.26 Å². The Morgan fingerprint density at radius 3 is 2.84 bits per heavy atom. The summed E-state index contributed by atoms with van der Waals surface area (Å²) in [5.41, 5.74) is -0.0699. The zero-order valence-corrected chi connectivity index (χ0v) is 10.2. The second-order valence-electron chi connectivity index (χ2n) is 4.54. The Bertz CT molecular complexity index is 519. The molecule has 0 radical (unpaired) electrons. The van der Waals surface area contributed by atoms with Gasteiger partial charge < -0.3 is 4.74 Å². The van der Waals surface area contributed by atoms with E-state index in [4.69, 9.17) is 10.00 Å². The molecule has 1 saturated heterocycles. The molecule has 0 spiro atoms. The summed E-state index contributed by atoms with van der Waals surface area (Å²) in [7, 11) is 0. The molecular formula is C14H13F2NO2. The van der Waals surface area contributed by atoms with E-state index in [1.807, 2.05) is 6.07 Å². The fraction of sp³-hybridized carbons (Fsp3) is 0.429. The van der Waals surface area contributed by atoms with Crippen LogP contribution in [-0.4, -0.2) is 19.0 Å². The van der Waals surface area contributed by atoms with Gasteiger partial charge in [0.15, 0.2) is 5.78 Å². The van der Waals surface area contributed by atoms with Crippen molar-refractivity contribution in [3.63, 3.8) is 0 Å². The monoisotopic (exact) mass is 265 g/mol. The number of benzene rings is 1. The summed E-state index contributed by atoms with van der Waals surface area (Å²) in [6.45, 7) is 0.867. The van der Waals surface area contributed by atoms with Crippen molar-refractivity contribution >= 4 is 5.78 Å². The first-order chi connectivity index (χ1) is 9.13. The van der Waals surface area contributed by atoms with Crippen molar-refractivity contribution in [1.82, 2.24) is 0 Å². The molecule has 0 N–H and O–H groups in total. The molecule has 0 bridgehead atoms. The van der Waals surface area contributed by atoms with E-state index in [0.29, 0.717) is 19.1 Å². The highest BCUT2D eigenvalue weighted by atomic mass is 19.1. The van der Waals surface area contributed by atoms with Gasteiger partial charge in [-0.3, -0.25) is 4.79 Å². The minimum absolute atomic E-state index is 0.0699. The molecule has 2 unspecified atom stereocenters. The van der Waals surface area contributed by atoms with Gasteiger partial charge in [0.05, 0.1) is 12.7 Å². The summed E-state index contributed by atoms with van der Waals surface area (Å²) in [5, 5.41) is 9.10. The smallest absolute Gasteiger partial charge is 0.159 e. The summed E-state index contributed by atoms with van der Waals surface area (Å²) in [4.78, 5) is 12.2. The van der Waals surface area contributed by atoms with Crippen LogP contribution in [0.4, 0.5) is 8.78 Å². The van der Waals surface area contributed by atoms with E-state index >= 15 is 0 Å². The summed E-state index contributed by atoms with van der Waals surface area (Å²) < 4.78 is 31.7. The molecule has 19 heavy (non-hydrogen) atoms. The van der Waals surface area contributed by atoms with Crippen molar-refractivity contribution in [2.75, 3.05) is 13.2 Å². The third-order valence-electron chi connectivity index (χ3n) is 3.25. The highest BCUT2D eigenvalue weighted by Gasteiger charge is 2.31. The molecule has 1 aliphatic rings. The average Bonchev–Trinajstić information content (AvgIpc) is 2.42. The fourth-order valence-electron chi connectivity index (χ4n) is 2.22. The number of halogens is 2. The first kappa shape index (κ1) is 13.6. The molecule has 0 saturated carbocycles. The van der Waals surface area contributed by atoms with Crippen molar-refractivity contribution < 1.29 is 18.3 Å². The lowest BCUT2D eigenvalue weighted by Gasteiger charge is -2.23. The number of nitrogens with zero attached hydrogens (tertiary/aromatic N) is 1. The first-order valence-corrected chi connectivity index (χ1v) is 6.09. The third kappa shape index (κ3) is 2.96. The number of carbonyl (C=O) groups is 1. The highest BCUT2D eigenvalue weighted by Crippen LogP contribution is 2.26. The second-order valence-corrected chi connectivity index (χ2v) is 4.54. The molecule has 100 valence electrons. The SMILES string of the molecule is N#CC(C(=O)C1CCCOC1)c1ccc(F)cc1F. The molecule has 0 amide bonds. The highest BCUT2D eigenvalue weighted by molar-refractivity contribution is 5.90. The number of hydrogen-bond acceptors (Lipinski definition) is 3. The van der Waals surface area contributed by atoms with Crippen molar-refractivity contribution in [2.24, 2.45) is 5.92 Å². The van der Waals surface area contributed by atoms with Crippen LogP contribution in [-0.2, 0) is 9.53 Å². The van der Waals surface area contributed by atoms with E-state index in [0.717, 1.165) is 18.6 Å². The molecule has 3 nitrogen and oxygen atoms in total. The van der Waals surface area contributed by atoms with Crippen LogP contribution in [0.2, 0.25) is 0 Å². The Labute approximate surface area is 109 Å². The van der Waals surface area contributed by atoms with Gasteiger partial charge >= 0.3 is 0 Å². The number of ether oxygens (including phenoxy) is 1. The van der Waals surface area contributed by atoms with Crippen LogP contribution in [0.25, 0.3) is 0 Å². The summed E-state index contributed by atoms with van der Waals surface area (Å²) in [5.74, 6) is -3.54. The van der Waals surface area contributed by atoms with Crippen molar-refractivity contribution in [3.8, 4) is 6.07 Å². The number of Topliss-reactive ketones (excluding diaryl/α,β-unsaturated/α-hetero) is 1. The van der Waals surface area contributed by atoms with E-state index in [2.05, 4.69) is 0 Å². The molecule has 2 atom stereocenters. The summed E-state index contributed by atoms with van der Waals surface area (Å²) in [6.07, 6.45) is 1.39. The van der Waals surface area contributed by atoms with Gasteiger partial charge in [0, 0.05) is 24.2 Å². The van der Waals surface area contributed by atoms with Crippen LogP contribution in [0, 0.1) is 28.9 Å². The lowest BCUT2D eigenvalue weighted by atomic mass is 9.85. The molecule has 1 aromatic carbocycles. The average molecular weight is 265 g/mol. The molecular weight excluding hydrogens is 252 g/mol. The van der Waals surface area contributed by atoms with E-state index in [1.165, 1.54) is 0 Å². The maximum atomic E-state index is 13.6. The molecule has 1 fully saturated rings. The van der Waals surface area contributed by atoms with Crippen molar-refractivity contribution in [1.29, 1.82) is 5.26 Å². The first-order valence-electron chi connectivity index (χ1n) is 6.09. The lowest BCUT2D eigenvalue weighted by Crippen LogP contribution is -2.29. The van der Waals surface area contributed by atoms with Crippen LogP contribution in [0.15, 0.2) is 18.2 Å². The molecule has 5 heteroatoms. The van der Waals surface area contributed by atoms with Crippen LogP contribution in [0.5, 0.6) is 0 Å². The Morgan fingerprint density at radius 1 is 1.47 bits per heavy atom. The minimum Gasteiger partial charge on any atom is -0.381 e. The van der Waals surface area contributed by atoms with Crippen LogP contribution in [0.3, 0.4) is 0 Å². The van der Waals surface area contributed by atoms with E-state index < -0.39 is 17.6 Å². The van der Waals surface area contributed by atoms with Crippen molar-refractivity contribution in [3.05, 3.63) is 35.4 Å². The predicted octanol–water partition coefficient (Wildman–Crippen LogP) is 2.57. The predicted molar refractivity (Wildman–Crippen MR) is 63.3 cm³/mol. The van der Waals surface area contributed by atoms with Gasteiger partial charge in [-0.25, -0.2) is 8.78 Å². The summed E-state index contributed by atoms with van der Waals surface area (Å²) >= 11 is 0. The molecule has 0 aromatic heterocycles. The van der Waals surface area contributed by atoms with E-state index in [1.54, 1.807) is 0 Å². The molecule has 1 aliphatic heterocycles. The molecule has 2 rings (SSSR count). The van der Waals surface area contributed by atoms with Gasteiger partial charge in [-0.1, -0.05) is 6.07 Å².